The van der Waals surface area contributed by atoms with Crippen LogP contribution in [0.3, 0.4) is 0 Å². The Morgan fingerprint density at radius 1 is 1.59 bits per heavy atom. The van der Waals surface area contributed by atoms with Crippen LogP contribution < -0.4 is 0 Å². The number of hydrogen-bond acceptors (Lipinski definition) is 3. The molecule has 1 aromatic carbocycles. The highest BCUT2D eigenvalue weighted by atomic mass is 35.5. The van der Waals surface area contributed by atoms with E-state index in [1.165, 1.54) is 4.90 Å². The Morgan fingerprint density at radius 2 is 2.24 bits per heavy atom. The number of halogens is 1. The quantitative estimate of drug-likeness (QED) is 0.857. The fourth-order valence-corrected chi connectivity index (χ4v) is 1.95. The zero-order valence-electron chi connectivity index (χ0n) is 10.1. The van der Waals surface area contributed by atoms with Gasteiger partial charge in [-0.25, -0.2) is 0 Å². The Bertz CT molecular complexity index is 411. The molecular formula is C12H16ClNO2S. The van der Waals surface area contributed by atoms with Gasteiger partial charge in [0.05, 0.1) is 23.2 Å². The van der Waals surface area contributed by atoms with Gasteiger partial charge >= 0.3 is 0 Å². The van der Waals surface area contributed by atoms with Crippen LogP contribution in [0, 0.1) is 0 Å². The summed E-state index contributed by atoms with van der Waals surface area (Å²) in [4.78, 5) is 14.6. The number of benzene rings is 1. The second-order valence-electron chi connectivity index (χ2n) is 3.79. The van der Waals surface area contributed by atoms with Gasteiger partial charge in [-0.1, -0.05) is 11.6 Å². The molecule has 0 aliphatic rings. The summed E-state index contributed by atoms with van der Waals surface area (Å²) in [5.74, 6) is -0.174. The van der Waals surface area contributed by atoms with E-state index in [0.29, 0.717) is 10.6 Å². The van der Waals surface area contributed by atoms with Crippen molar-refractivity contribution in [3.63, 3.8) is 0 Å². The molecule has 1 unspecified atom stereocenters. The van der Waals surface area contributed by atoms with Crippen molar-refractivity contribution in [1.29, 1.82) is 0 Å². The predicted octanol–water partition coefficient (Wildman–Crippen LogP) is 2.51. The molecule has 0 radical (unpaired) electrons. The minimum absolute atomic E-state index is 0.0674. The molecule has 0 saturated heterocycles. The molecule has 1 N–H and O–H groups in total. The minimum Gasteiger partial charge on any atom is -0.394 e. The number of nitrogens with zero attached hydrogens (tertiary/aromatic N) is 1. The molecule has 94 valence electrons. The van der Waals surface area contributed by atoms with Crippen LogP contribution in [0.4, 0.5) is 0 Å². The van der Waals surface area contributed by atoms with Gasteiger partial charge in [-0.3, -0.25) is 4.79 Å². The molecule has 0 aromatic heterocycles. The fourth-order valence-electron chi connectivity index (χ4n) is 1.31. The lowest BCUT2D eigenvalue weighted by Gasteiger charge is -2.23. The maximum atomic E-state index is 12.2. The lowest BCUT2D eigenvalue weighted by atomic mass is 10.2. The van der Waals surface area contributed by atoms with Crippen LogP contribution in [-0.4, -0.2) is 41.9 Å². The van der Waals surface area contributed by atoms with Crippen molar-refractivity contribution < 1.29 is 9.90 Å². The lowest BCUT2D eigenvalue weighted by Crippen LogP contribution is -2.37. The van der Waals surface area contributed by atoms with Gasteiger partial charge in [-0.2, -0.15) is 0 Å². The molecule has 3 nitrogen and oxygen atoms in total. The van der Waals surface area contributed by atoms with E-state index in [0.717, 1.165) is 4.90 Å². The maximum absolute atomic E-state index is 12.2. The van der Waals surface area contributed by atoms with Gasteiger partial charge in [-0.05, 0) is 31.4 Å². The van der Waals surface area contributed by atoms with Crippen molar-refractivity contribution in [2.75, 3.05) is 19.9 Å². The number of hydrogen-bond donors (Lipinski definition) is 1. The summed E-state index contributed by atoms with van der Waals surface area (Å²) in [5, 5.41) is 9.48. The molecule has 5 heteroatoms. The Balaban J connectivity index is 3.02. The molecule has 0 fully saturated rings. The number of carbonyl (C=O) groups excluding carboxylic acids is 1. The molecule has 0 saturated carbocycles. The van der Waals surface area contributed by atoms with Gasteiger partial charge < -0.3 is 10.0 Å². The normalized spacial score (nSPS) is 12.3. The zero-order chi connectivity index (χ0) is 13.0. The van der Waals surface area contributed by atoms with E-state index < -0.39 is 0 Å². The zero-order valence-corrected chi connectivity index (χ0v) is 11.7. The number of aliphatic hydroxyl groups is 1. The average molecular weight is 274 g/mol. The number of carbonyl (C=O) groups is 1. The molecular weight excluding hydrogens is 258 g/mol. The van der Waals surface area contributed by atoms with Crippen LogP contribution in [0.15, 0.2) is 23.1 Å². The summed E-state index contributed by atoms with van der Waals surface area (Å²) < 4.78 is 0. The number of aliphatic hydroxyl groups excluding tert-OH is 1. The summed E-state index contributed by atoms with van der Waals surface area (Å²) >= 11 is 7.58. The van der Waals surface area contributed by atoms with E-state index in [9.17, 15) is 4.79 Å². The smallest absolute Gasteiger partial charge is 0.255 e. The summed E-state index contributed by atoms with van der Waals surface area (Å²) in [6.45, 7) is 1.71. The topological polar surface area (TPSA) is 40.5 Å². The molecule has 0 aliphatic carbocycles. The third-order valence-corrected chi connectivity index (χ3v) is 3.70. The Labute approximate surface area is 111 Å². The van der Waals surface area contributed by atoms with Crippen molar-refractivity contribution in [2.45, 2.75) is 17.9 Å². The highest BCUT2D eigenvalue weighted by molar-refractivity contribution is 7.98. The van der Waals surface area contributed by atoms with Gasteiger partial charge in [-0.15, -0.1) is 11.8 Å². The average Bonchev–Trinajstić information content (AvgIpc) is 2.36. The predicted molar refractivity (Wildman–Crippen MR) is 71.9 cm³/mol. The minimum atomic E-state index is -0.225. The van der Waals surface area contributed by atoms with E-state index in [1.807, 2.05) is 12.3 Å². The first-order valence-electron chi connectivity index (χ1n) is 5.22. The maximum Gasteiger partial charge on any atom is 0.255 e. The third kappa shape index (κ3) is 3.37. The van der Waals surface area contributed by atoms with Gasteiger partial charge in [0.25, 0.3) is 5.91 Å². The number of amides is 1. The monoisotopic (exact) mass is 273 g/mol. The van der Waals surface area contributed by atoms with E-state index in [4.69, 9.17) is 16.7 Å². The van der Waals surface area contributed by atoms with Gasteiger partial charge in [0, 0.05) is 11.9 Å². The first kappa shape index (κ1) is 14.4. The second-order valence-corrected chi connectivity index (χ2v) is 5.08. The van der Waals surface area contributed by atoms with Crippen molar-refractivity contribution in [3.8, 4) is 0 Å². The van der Waals surface area contributed by atoms with E-state index in [2.05, 4.69) is 0 Å². The molecule has 1 rings (SSSR count). The van der Waals surface area contributed by atoms with Crippen LogP contribution in [0.1, 0.15) is 17.3 Å². The SMILES string of the molecule is CSc1ccc(Cl)c(C(=O)N(C)C(C)CO)c1. The first-order chi connectivity index (χ1) is 8.01. The molecule has 0 heterocycles. The Hall–Kier alpha value is -0.710. The molecule has 0 aliphatic heterocycles. The van der Waals surface area contributed by atoms with Crippen LogP contribution in [0.25, 0.3) is 0 Å². The largest absolute Gasteiger partial charge is 0.394 e. The van der Waals surface area contributed by atoms with Gasteiger partial charge in [0.15, 0.2) is 0 Å². The number of rotatable bonds is 4. The molecule has 1 aromatic rings. The van der Waals surface area contributed by atoms with Crippen LogP contribution in [0.5, 0.6) is 0 Å². The van der Waals surface area contributed by atoms with Crippen LogP contribution in [0.2, 0.25) is 5.02 Å². The highest BCUT2D eigenvalue weighted by Gasteiger charge is 2.19. The molecule has 0 bridgehead atoms. The molecule has 0 spiro atoms. The van der Waals surface area contributed by atoms with Gasteiger partial charge in [0.1, 0.15) is 0 Å². The van der Waals surface area contributed by atoms with Crippen molar-refractivity contribution in [3.05, 3.63) is 28.8 Å². The van der Waals surface area contributed by atoms with Crippen LogP contribution in [-0.2, 0) is 0 Å². The van der Waals surface area contributed by atoms with Crippen molar-refractivity contribution >= 4 is 29.3 Å². The molecule has 1 atom stereocenters. The van der Waals surface area contributed by atoms with E-state index in [1.54, 1.807) is 37.9 Å². The van der Waals surface area contributed by atoms with Crippen LogP contribution >= 0.6 is 23.4 Å². The van der Waals surface area contributed by atoms with Crippen molar-refractivity contribution in [1.82, 2.24) is 4.90 Å². The summed E-state index contributed by atoms with van der Waals surface area (Å²) in [6.07, 6.45) is 1.94. The van der Waals surface area contributed by atoms with E-state index >= 15 is 0 Å². The standard InChI is InChI=1S/C12H16ClNO2S/c1-8(7-15)14(2)12(16)10-6-9(17-3)4-5-11(10)13/h4-6,8,15H,7H2,1-3H3. The number of likely N-dealkylation sites (N-methyl/N-ethyl adjacent to an activating group) is 1. The molecule has 1 amide bonds. The highest BCUT2D eigenvalue weighted by Crippen LogP contribution is 2.24. The second kappa shape index (κ2) is 6.28. The Kier molecular flexibility index (Phi) is 5.31. The summed E-state index contributed by atoms with van der Waals surface area (Å²) in [5.41, 5.74) is 0.473. The third-order valence-electron chi connectivity index (χ3n) is 2.65. The van der Waals surface area contributed by atoms with E-state index in [-0.39, 0.29) is 18.6 Å². The number of thioether (sulfide) groups is 1. The summed E-state index contributed by atoms with van der Waals surface area (Å²) in [7, 11) is 1.66. The summed E-state index contributed by atoms with van der Waals surface area (Å²) in [6, 6.07) is 5.14. The lowest BCUT2D eigenvalue weighted by molar-refractivity contribution is 0.0682. The first-order valence-corrected chi connectivity index (χ1v) is 6.83. The van der Waals surface area contributed by atoms with Crippen molar-refractivity contribution in [2.24, 2.45) is 0 Å². The van der Waals surface area contributed by atoms with Gasteiger partial charge in [0.2, 0.25) is 0 Å². The molecule has 17 heavy (non-hydrogen) atoms. The Morgan fingerprint density at radius 3 is 2.76 bits per heavy atom. The fraction of sp³-hybridized carbons (Fsp3) is 0.417.